The van der Waals surface area contributed by atoms with Gasteiger partial charge in [-0.3, -0.25) is 4.79 Å². The molecule has 17 heavy (non-hydrogen) atoms. The molecule has 2 rings (SSSR count). The number of hydrogen-bond donors (Lipinski definition) is 0. The first-order chi connectivity index (χ1) is 8.16. The molecular formula is C12H14ClNO3. The van der Waals surface area contributed by atoms with Crippen LogP contribution in [0.2, 0.25) is 0 Å². The second kappa shape index (κ2) is 5.27. The minimum Gasteiger partial charge on any atom is -0.490 e. The van der Waals surface area contributed by atoms with Crippen LogP contribution in [-0.2, 0) is 6.54 Å². The first-order valence-corrected chi connectivity index (χ1v) is 5.84. The summed E-state index contributed by atoms with van der Waals surface area (Å²) in [5, 5.41) is -0.475. The summed E-state index contributed by atoms with van der Waals surface area (Å²) in [5.74, 6) is 1.49. The molecule has 0 unspecified atom stereocenters. The number of amides is 1. The Morgan fingerprint density at radius 1 is 1.35 bits per heavy atom. The predicted octanol–water partition coefficient (Wildman–Crippen LogP) is 2.64. The van der Waals surface area contributed by atoms with Crippen molar-refractivity contribution in [3.63, 3.8) is 0 Å². The van der Waals surface area contributed by atoms with Crippen molar-refractivity contribution < 1.29 is 14.3 Å². The van der Waals surface area contributed by atoms with Gasteiger partial charge in [0.1, 0.15) is 0 Å². The molecule has 92 valence electrons. The highest BCUT2D eigenvalue weighted by Gasteiger charge is 2.12. The lowest BCUT2D eigenvalue weighted by molar-refractivity contribution is 0.230. The van der Waals surface area contributed by atoms with E-state index < -0.39 is 5.37 Å². The van der Waals surface area contributed by atoms with Gasteiger partial charge in [0.2, 0.25) is 0 Å². The van der Waals surface area contributed by atoms with Gasteiger partial charge in [-0.1, -0.05) is 6.07 Å². The van der Waals surface area contributed by atoms with Crippen LogP contribution in [0.4, 0.5) is 4.79 Å². The van der Waals surface area contributed by atoms with E-state index in [4.69, 9.17) is 21.1 Å². The summed E-state index contributed by atoms with van der Waals surface area (Å²) in [6.07, 6.45) is 0.879. The Hall–Kier alpha value is -1.42. The molecule has 0 atom stereocenters. The number of hydrogen-bond acceptors (Lipinski definition) is 3. The molecule has 1 aliphatic rings. The number of rotatable bonds is 2. The van der Waals surface area contributed by atoms with E-state index in [9.17, 15) is 4.79 Å². The SMILES string of the molecule is CN(Cc1ccc2c(c1)OCCCO2)C(=O)Cl. The third-order valence-electron chi connectivity index (χ3n) is 2.53. The van der Waals surface area contributed by atoms with Crippen LogP contribution in [0.15, 0.2) is 18.2 Å². The molecule has 0 saturated heterocycles. The van der Waals surface area contributed by atoms with Gasteiger partial charge < -0.3 is 14.4 Å². The summed E-state index contributed by atoms with van der Waals surface area (Å²) >= 11 is 5.38. The largest absolute Gasteiger partial charge is 0.490 e. The van der Waals surface area contributed by atoms with E-state index in [1.807, 2.05) is 18.2 Å². The quantitative estimate of drug-likeness (QED) is 0.602. The highest BCUT2D eigenvalue weighted by molar-refractivity contribution is 6.62. The third kappa shape index (κ3) is 3.03. The lowest BCUT2D eigenvalue weighted by atomic mass is 10.2. The highest BCUT2D eigenvalue weighted by Crippen LogP contribution is 2.30. The summed E-state index contributed by atoms with van der Waals surface area (Å²) in [6, 6.07) is 5.66. The van der Waals surface area contributed by atoms with E-state index in [-0.39, 0.29) is 0 Å². The number of benzene rings is 1. The maximum absolute atomic E-state index is 10.9. The lowest BCUT2D eigenvalue weighted by Crippen LogP contribution is -2.20. The van der Waals surface area contributed by atoms with E-state index in [1.165, 1.54) is 4.90 Å². The Morgan fingerprint density at radius 2 is 2.06 bits per heavy atom. The van der Waals surface area contributed by atoms with Gasteiger partial charge in [-0.05, 0) is 29.3 Å². The Labute approximate surface area is 105 Å². The molecule has 1 aromatic rings. The lowest BCUT2D eigenvalue weighted by Gasteiger charge is -2.14. The van der Waals surface area contributed by atoms with Crippen molar-refractivity contribution in [1.29, 1.82) is 0 Å². The summed E-state index contributed by atoms with van der Waals surface area (Å²) in [7, 11) is 1.65. The van der Waals surface area contributed by atoms with Crippen molar-refractivity contribution >= 4 is 17.0 Å². The molecule has 0 radical (unpaired) electrons. The molecule has 1 aliphatic heterocycles. The fourth-order valence-corrected chi connectivity index (χ4v) is 1.70. The van der Waals surface area contributed by atoms with E-state index in [1.54, 1.807) is 7.05 Å². The zero-order valence-corrected chi connectivity index (χ0v) is 10.4. The number of carbonyl (C=O) groups excluding carboxylic acids is 1. The molecule has 0 saturated carbocycles. The van der Waals surface area contributed by atoms with Crippen molar-refractivity contribution in [3.8, 4) is 11.5 Å². The van der Waals surface area contributed by atoms with E-state index in [0.29, 0.717) is 19.8 Å². The standard InChI is InChI=1S/C12H14ClNO3/c1-14(12(13)15)8-9-3-4-10-11(7-9)17-6-2-5-16-10/h3-4,7H,2,5-6,8H2,1H3. The smallest absolute Gasteiger partial charge is 0.316 e. The van der Waals surface area contributed by atoms with Crippen LogP contribution in [0.1, 0.15) is 12.0 Å². The summed E-state index contributed by atoms with van der Waals surface area (Å²) in [4.78, 5) is 12.4. The number of nitrogens with zero attached hydrogens (tertiary/aromatic N) is 1. The van der Waals surface area contributed by atoms with Crippen molar-refractivity contribution in [1.82, 2.24) is 4.90 Å². The van der Waals surface area contributed by atoms with Crippen LogP contribution in [0.5, 0.6) is 11.5 Å². The molecule has 0 aromatic heterocycles. The van der Waals surface area contributed by atoms with Crippen molar-refractivity contribution in [2.45, 2.75) is 13.0 Å². The van der Waals surface area contributed by atoms with Gasteiger partial charge in [0.25, 0.3) is 0 Å². The third-order valence-corrected chi connectivity index (χ3v) is 2.82. The van der Waals surface area contributed by atoms with Crippen LogP contribution in [-0.4, -0.2) is 30.5 Å². The molecule has 5 heteroatoms. The Bertz CT molecular complexity index is 422. The topological polar surface area (TPSA) is 38.8 Å². The van der Waals surface area contributed by atoms with Gasteiger partial charge in [0.05, 0.1) is 13.2 Å². The first-order valence-electron chi connectivity index (χ1n) is 5.46. The fraction of sp³-hybridized carbons (Fsp3) is 0.417. The van der Waals surface area contributed by atoms with Crippen LogP contribution >= 0.6 is 11.6 Å². The molecule has 1 aromatic carbocycles. The van der Waals surface area contributed by atoms with Crippen molar-refractivity contribution in [3.05, 3.63) is 23.8 Å². The monoisotopic (exact) mass is 255 g/mol. The van der Waals surface area contributed by atoms with Gasteiger partial charge in [-0.2, -0.15) is 0 Å². The van der Waals surface area contributed by atoms with Gasteiger partial charge in [0.15, 0.2) is 11.5 Å². The minimum absolute atomic E-state index is 0.457. The second-order valence-electron chi connectivity index (χ2n) is 3.94. The highest BCUT2D eigenvalue weighted by atomic mass is 35.5. The Morgan fingerprint density at radius 3 is 2.76 bits per heavy atom. The van der Waals surface area contributed by atoms with E-state index in [2.05, 4.69) is 0 Å². The normalized spacial score (nSPS) is 14.0. The molecule has 1 heterocycles. The van der Waals surface area contributed by atoms with Crippen LogP contribution in [0.3, 0.4) is 0 Å². The summed E-state index contributed by atoms with van der Waals surface area (Å²) in [5.41, 5.74) is 0.964. The first kappa shape index (κ1) is 12.0. The molecule has 0 N–H and O–H groups in total. The zero-order chi connectivity index (χ0) is 12.3. The van der Waals surface area contributed by atoms with Crippen LogP contribution in [0, 0.1) is 0 Å². The summed E-state index contributed by atoms with van der Waals surface area (Å²) < 4.78 is 11.1. The minimum atomic E-state index is -0.475. The average molecular weight is 256 g/mol. The second-order valence-corrected chi connectivity index (χ2v) is 4.26. The molecule has 0 bridgehead atoms. The average Bonchev–Trinajstić information content (AvgIpc) is 2.53. The fourth-order valence-electron chi connectivity index (χ4n) is 1.64. The van der Waals surface area contributed by atoms with Gasteiger partial charge in [-0.15, -0.1) is 0 Å². The molecular weight excluding hydrogens is 242 g/mol. The Kier molecular flexibility index (Phi) is 3.74. The predicted molar refractivity (Wildman–Crippen MR) is 64.8 cm³/mol. The Balaban J connectivity index is 2.15. The number of fused-ring (bicyclic) bond motifs is 1. The van der Waals surface area contributed by atoms with E-state index >= 15 is 0 Å². The number of ether oxygens (including phenoxy) is 2. The zero-order valence-electron chi connectivity index (χ0n) is 9.61. The van der Waals surface area contributed by atoms with Crippen LogP contribution < -0.4 is 9.47 Å². The molecule has 0 spiro atoms. The molecule has 1 amide bonds. The van der Waals surface area contributed by atoms with Gasteiger partial charge in [-0.25, -0.2) is 0 Å². The molecule has 0 fully saturated rings. The van der Waals surface area contributed by atoms with Crippen molar-refractivity contribution in [2.24, 2.45) is 0 Å². The maximum Gasteiger partial charge on any atom is 0.316 e. The number of carbonyl (C=O) groups is 1. The van der Waals surface area contributed by atoms with Crippen LogP contribution in [0.25, 0.3) is 0 Å². The molecule has 0 aliphatic carbocycles. The van der Waals surface area contributed by atoms with Crippen molar-refractivity contribution in [2.75, 3.05) is 20.3 Å². The van der Waals surface area contributed by atoms with E-state index in [0.717, 1.165) is 23.5 Å². The summed E-state index contributed by atoms with van der Waals surface area (Å²) in [6.45, 7) is 1.78. The maximum atomic E-state index is 10.9. The van der Waals surface area contributed by atoms with Gasteiger partial charge in [0, 0.05) is 20.0 Å². The number of halogens is 1. The molecule has 4 nitrogen and oxygen atoms in total. The van der Waals surface area contributed by atoms with Gasteiger partial charge >= 0.3 is 5.37 Å².